The second-order valence-electron chi connectivity index (χ2n) is 5.84. The number of fused-ring (bicyclic) bond motifs is 1. The Kier molecular flexibility index (Phi) is 5.46. The smallest absolute Gasteiger partial charge is 0.416 e. The summed E-state index contributed by atoms with van der Waals surface area (Å²) in [4.78, 5) is 19.5. The molecule has 0 saturated heterocycles. The van der Waals surface area contributed by atoms with Crippen LogP contribution in [0.25, 0.3) is 10.9 Å². The molecule has 8 heteroatoms. The van der Waals surface area contributed by atoms with Gasteiger partial charge in [-0.25, -0.2) is 4.98 Å². The molecule has 0 aliphatic carbocycles. The molecule has 0 fully saturated rings. The average molecular weight is 394 g/mol. The Bertz CT molecular complexity index is 1030. The summed E-state index contributed by atoms with van der Waals surface area (Å²) in [6.45, 7) is 2.00. The SMILES string of the molecule is CCSc1ccc(OC)cc1Cc1cc(C(F)(F)F)cc2c(=O)[nH]cnc12. The predicted octanol–water partition coefficient (Wildman–Crippen LogP) is 4.65. The quantitative estimate of drug-likeness (QED) is 0.640. The van der Waals surface area contributed by atoms with Crippen molar-refractivity contribution in [2.75, 3.05) is 12.9 Å². The zero-order valence-electron chi connectivity index (χ0n) is 14.7. The number of H-pyrrole nitrogens is 1. The molecule has 142 valence electrons. The van der Waals surface area contributed by atoms with Gasteiger partial charge in [-0.05, 0) is 47.2 Å². The summed E-state index contributed by atoms with van der Waals surface area (Å²) < 4.78 is 45.2. The number of rotatable bonds is 5. The summed E-state index contributed by atoms with van der Waals surface area (Å²) in [5.74, 6) is 1.44. The van der Waals surface area contributed by atoms with E-state index in [0.717, 1.165) is 28.3 Å². The van der Waals surface area contributed by atoms with Gasteiger partial charge in [0.2, 0.25) is 0 Å². The van der Waals surface area contributed by atoms with Crippen molar-refractivity contribution in [1.82, 2.24) is 9.97 Å². The first-order valence-corrected chi connectivity index (χ1v) is 9.19. The van der Waals surface area contributed by atoms with Gasteiger partial charge in [0.15, 0.2) is 0 Å². The molecular weight excluding hydrogens is 377 g/mol. The molecule has 1 aromatic heterocycles. The summed E-state index contributed by atoms with van der Waals surface area (Å²) in [5, 5.41) is -0.0742. The van der Waals surface area contributed by atoms with Crippen molar-refractivity contribution < 1.29 is 17.9 Å². The van der Waals surface area contributed by atoms with E-state index in [-0.39, 0.29) is 17.3 Å². The lowest BCUT2D eigenvalue weighted by atomic mass is 9.99. The van der Waals surface area contributed by atoms with Crippen LogP contribution in [0, 0.1) is 0 Å². The van der Waals surface area contributed by atoms with Crippen LogP contribution < -0.4 is 10.3 Å². The monoisotopic (exact) mass is 394 g/mol. The third kappa shape index (κ3) is 4.10. The molecule has 3 rings (SSSR count). The Labute approximate surface area is 157 Å². The normalized spacial score (nSPS) is 11.7. The summed E-state index contributed by atoms with van der Waals surface area (Å²) in [7, 11) is 1.53. The maximum Gasteiger partial charge on any atom is 0.416 e. The number of methoxy groups -OCH3 is 1. The first-order valence-electron chi connectivity index (χ1n) is 8.20. The minimum atomic E-state index is -4.55. The summed E-state index contributed by atoms with van der Waals surface area (Å²) in [6, 6.07) is 7.41. The number of ether oxygens (including phenoxy) is 1. The van der Waals surface area contributed by atoms with Gasteiger partial charge < -0.3 is 9.72 Å². The minimum Gasteiger partial charge on any atom is -0.497 e. The van der Waals surface area contributed by atoms with Crippen molar-refractivity contribution in [1.29, 1.82) is 0 Å². The van der Waals surface area contributed by atoms with Crippen molar-refractivity contribution in [2.24, 2.45) is 0 Å². The fourth-order valence-corrected chi connectivity index (χ4v) is 3.67. The van der Waals surface area contributed by atoms with Crippen LogP contribution in [0.2, 0.25) is 0 Å². The van der Waals surface area contributed by atoms with Gasteiger partial charge in [-0.2, -0.15) is 13.2 Å². The molecule has 0 unspecified atom stereocenters. The van der Waals surface area contributed by atoms with Gasteiger partial charge >= 0.3 is 6.18 Å². The Morgan fingerprint density at radius 2 is 1.96 bits per heavy atom. The van der Waals surface area contributed by atoms with Crippen molar-refractivity contribution in [3.63, 3.8) is 0 Å². The number of nitrogens with one attached hydrogen (secondary N) is 1. The zero-order chi connectivity index (χ0) is 19.6. The van der Waals surface area contributed by atoms with Crippen LogP contribution in [-0.2, 0) is 12.6 Å². The Hall–Kier alpha value is -2.48. The zero-order valence-corrected chi connectivity index (χ0v) is 15.5. The average Bonchev–Trinajstić information content (AvgIpc) is 2.63. The standard InChI is InChI=1S/C19H17F3N2O2S/c1-3-27-16-5-4-14(26-2)8-11(16)6-12-7-13(19(20,21)22)9-15-17(12)23-10-24-18(15)25/h4-5,7-10H,3,6H2,1-2H3,(H,23,24,25). The van der Waals surface area contributed by atoms with E-state index in [1.165, 1.54) is 13.4 Å². The van der Waals surface area contributed by atoms with Crippen LogP contribution in [0.4, 0.5) is 13.2 Å². The fourth-order valence-electron chi connectivity index (χ4n) is 2.87. The highest BCUT2D eigenvalue weighted by atomic mass is 32.2. The molecule has 0 bridgehead atoms. The van der Waals surface area contributed by atoms with E-state index in [4.69, 9.17) is 4.74 Å². The summed E-state index contributed by atoms with van der Waals surface area (Å²) in [5.41, 5.74) is -0.0275. The van der Waals surface area contributed by atoms with Crippen molar-refractivity contribution in [2.45, 2.75) is 24.4 Å². The molecule has 0 saturated carbocycles. The molecule has 1 heterocycles. The first kappa shape index (κ1) is 19.3. The number of hydrogen-bond donors (Lipinski definition) is 1. The largest absolute Gasteiger partial charge is 0.497 e. The highest BCUT2D eigenvalue weighted by Crippen LogP contribution is 2.34. The lowest BCUT2D eigenvalue weighted by molar-refractivity contribution is -0.137. The molecule has 1 N–H and O–H groups in total. The highest BCUT2D eigenvalue weighted by molar-refractivity contribution is 7.99. The van der Waals surface area contributed by atoms with Crippen LogP contribution in [0.15, 0.2) is 46.3 Å². The number of nitrogens with zero attached hydrogens (tertiary/aromatic N) is 1. The van der Waals surface area contributed by atoms with Crippen molar-refractivity contribution in [3.8, 4) is 5.75 Å². The number of alkyl halides is 3. The van der Waals surface area contributed by atoms with Gasteiger partial charge in [-0.1, -0.05) is 6.92 Å². The van der Waals surface area contributed by atoms with E-state index >= 15 is 0 Å². The minimum absolute atomic E-state index is 0.0742. The third-order valence-electron chi connectivity index (χ3n) is 4.10. The number of thioether (sulfide) groups is 1. The molecule has 27 heavy (non-hydrogen) atoms. The number of aromatic amines is 1. The number of benzene rings is 2. The fraction of sp³-hybridized carbons (Fsp3) is 0.263. The van der Waals surface area contributed by atoms with Gasteiger partial charge in [-0.15, -0.1) is 11.8 Å². The third-order valence-corrected chi connectivity index (χ3v) is 5.10. The van der Waals surface area contributed by atoms with E-state index in [2.05, 4.69) is 9.97 Å². The predicted molar refractivity (Wildman–Crippen MR) is 99.6 cm³/mol. The van der Waals surface area contributed by atoms with E-state index < -0.39 is 17.3 Å². The van der Waals surface area contributed by atoms with Crippen molar-refractivity contribution >= 4 is 22.7 Å². The molecule has 0 atom stereocenters. The Morgan fingerprint density at radius 1 is 1.19 bits per heavy atom. The summed E-state index contributed by atoms with van der Waals surface area (Å²) in [6.07, 6.45) is -3.15. The maximum absolute atomic E-state index is 13.3. The van der Waals surface area contributed by atoms with Gasteiger partial charge in [0.1, 0.15) is 5.75 Å². The number of halogens is 3. The van der Waals surface area contributed by atoms with E-state index in [1.54, 1.807) is 17.8 Å². The van der Waals surface area contributed by atoms with Crippen molar-refractivity contribution in [3.05, 3.63) is 63.7 Å². The first-order chi connectivity index (χ1) is 12.8. The highest BCUT2D eigenvalue weighted by Gasteiger charge is 2.32. The molecule has 2 aromatic carbocycles. The van der Waals surface area contributed by atoms with E-state index in [1.807, 2.05) is 19.1 Å². The number of hydrogen-bond acceptors (Lipinski definition) is 4. The summed E-state index contributed by atoms with van der Waals surface area (Å²) >= 11 is 1.59. The molecule has 0 amide bonds. The van der Waals surface area contributed by atoms with Crippen LogP contribution in [-0.4, -0.2) is 22.8 Å². The Morgan fingerprint density at radius 3 is 2.63 bits per heavy atom. The number of aromatic nitrogens is 2. The van der Waals surface area contributed by atoms with Crippen LogP contribution in [0.1, 0.15) is 23.6 Å². The van der Waals surface area contributed by atoms with E-state index in [9.17, 15) is 18.0 Å². The molecule has 0 radical (unpaired) electrons. The second kappa shape index (κ2) is 7.64. The van der Waals surface area contributed by atoms with Crippen LogP contribution in [0.3, 0.4) is 0 Å². The topological polar surface area (TPSA) is 55.0 Å². The Balaban J connectivity index is 2.20. The van der Waals surface area contributed by atoms with Gasteiger partial charge in [-0.3, -0.25) is 4.79 Å². The maximum atomic E-state index is 13.3. The second-order valence-corrected chi connectivity index (χ2v) is 7.15. The molecular formula is C19H17F3N2O2S. The molecule has 4 nitrogen and oxygen atoms in total. The van der Waals surface area contributed by atoms with Gasteiger partial charge in [0.25, 0.3) is 5.56 Å². The lowest BCUT2D eigenvalue weighted by Gasteiger charge is -2.14. The molecule has 0 aliphatic rings. The molecule has 0 spiro atoms. The van der Waals surface area contributed by atoms with Gasteiger partial charge in [0, 0.05) is 11.3 Å². The van der Waals surface area contributed by atoms with Gasteiger partial charge in [0.05, 0.1) is 29.9 Å². The lowest BCUT2D eigenvalue weighted by Crippen LogP contribution is -2.12. The molecule has 0 aliphatic heterocycles. The van der Waals surface area contributed by atoms with Crippen LogP contribution in [0.5, 0.6) is 5.75 Å². The molecule has 3 aromatic rings. The van der Waals surface area contributed by atoms with E-state index in [0.29, 0.717) is 11.3 Å². The van der Waals surface area contributed by atoms with Crippen LogP contribution >= 0.6 is 11.8 Å².